The van der Waals surface area contributed by atoms with Crippen LogP contribution in [-0.4, -0.2) is 11.3 Å². The van der Waals surface area contributed by atoms with E-state index in [1.54, 1.807) is 0 Å². The summed E-state index contributed by atoms with van der Waals surface area (Å²) in [6.07, 6.45) is -4.99. The molecule has 0 aliphatic carbocycles. The fourth-order valence-corrected chi connectivity index (χ4v) is 1.11. The molecule has 0 heterocycles. The minimum Gasteiger partial charge on any atom is -0.398 e. The molecule has 0 spiro atoms. The van der Waals surface area contributed by atoms with Gasteiger partial charge in [-0.1, -0.05) is 12.1 Å². The van der Waals surface area contributed by atoms with Crippen molar-refractivity contribution in [3.63, 3.8) is 0 Å². The Bertz CT molecular complexity index is 406. The van der Waals surface area contributed by atoms with Crippen molar-refractivity contribution in [1.82, 2.24) is 0 Å². The molecule has 5 nitrogen and oxygen atoms in total. The van der Waals surface area contributed by atoms with E-state index in [4.69, 9.17) is 5.73 Å². The Labute approximate surface area is 87.8 Å². The van der Waals surface area contributed by atoms with Gasteiger partial charge in [0.1, 0.15) is 0 Å². The topological polar surface area (TPSA) is 78.4 Å². The Balaban J connectivity index is 3.25. The predicted octanol–water partition coefficient (Wildman–Crippen LogP) is 1.95. The summed E-state index contributed by atoms with van der Waals surface area (Å²) in [6.45, 7) is -0.285. The second-order valence-electron chi connectivity index (χ2n) is 2.77. The minimum absolute atomic E-state index is 0.0773. The highest BCUT2D eigenvalue weighted by atomic mass is 19.4. The molecule has 0 atom stereocenters. The number of nitro benzene ring substituents is 1. The second kappa shape index (κ2) is 4.35. The number of benzene rings is 1. The lowest BCUT2D eigenvalue weighted by Crippen LogP contribution is -2.19. The van der Waals surface area contributed by atoms with Crippen LogP contribution in [0.2, 0.25) is 0 Å². The molecule has 8 heteroatoms. The van der Waals surface area contributed by atoms with E-state index in [-0.39, 0.29) is 12.1 Å². The summed E-state index contributed by atoms with van der Waals surface area (Å²) in [4.78, 5) is 9.54. The van der Waals surface area contributed by atoms with Crippen LogP contribution in [0.4, 0.5) is 18.9 Å². The third-order valence-electron chi connectivity index (χ3n) is 1.71. The maximum absolute atomic E-state index is 12.0. The van der Waals surface area contributed by atoms with Crippen LogP contribution in [-0.2, 0) is 6.54 Å². The molecule has 0 fully saturated rings. The van der Waals surface area contributed by atoms with Gasteiger partial charge in [0, 0.05) is 18.2 Å². The van der Waals surface area contributed by atoms with Crippen LogP contribution in [0.15, 0.2) is 18.2 Å². The second-order valence-corrected chi connectivity index (χ2v) is 2.77. The normalized spacial score (nSPS) is 11.2. The van der Waals surface area contributed by atoms with E-state index in [9.17, 15) is 23.3 Å². The fraction of sp³-hybridized carbons (Fsp3) is 0.250. The van der Waals surface area contributed by atoms with Crippen molar-refractivity contribution < 1.29 is 22.8 Å². The van der Waals surface area contributed by atoms with Gasteiger partial charge in [-0.3, -0.25) is 10.1 Å². The number of nitrogens with two attached hydrogens (primary N) is 1. The van der Waals surface area contributed by atoms with Crippen LogP contribution < -0.4 is 10.5 Å². The Morgan fingerprint density at radius 2 is 2.06 bits per heavy atom. The lowest BCUT2D eigenvalue weighted by Gasteiger charge is -2.12. The van der Waals surface area contributed by atoms with Crippen molar-refractivity contribution in [1.29, 1.82) is 0 Å². The standard InChI is InChI=1S/C8H7F3N2O3/c9-8(10,11)16-7-5(4-12)2-1-3-6(7)13(14)15/h1-3H,4,12H2. The summed E-state index contributed by atoms with van der Waals surface area (Å²) < 4.78 is 39.6. The van der Waals surface area contributed by atoms with Crippen molar-refractivity contribution in [2.24, 2.45) is 5.73 Å². The van der Waals surface area contributed by atoms with Crippen molar-refractivity contribution in [2.75, 3.05) is 0 Å². The van der Waals surface area contributed by atoms with Crippen LogP contribution in [0.5, 0.6) is 5.75 Å². The maximum atomic E-state index is 12.0. The molecule has 0 amide bonds. The van der Waals surface area contributed by atoms with Crippen molar-refractivity contribution in [3.05, 3.63) is 33.9 Å². The Kier molecular flexibility index (Phi) is 3.33. The van der Waals surface area contributed by atoms with E-state index in [2.05, 4.69) is 4.74 Å². The zero-order valence-electron chi connectivity index (χ0n) is 7.82. The number of hydrogen-bond donors (Lipinski definition) is 1. The highest BCUT2D eigenvalue weighted by molar-refractivity contribution is 5.51. The number of para-hydroxylation sites is 1. The number of nitrogens with zero attached hydrogens (tertiary/aromatic N) is 1. The van der Waals surface area contributed by atoms with Crippen molar-refractivity contribution in [3.8, 4) is 5.75 Å². The van der Waals surface area contributed by atoms with Gasteiger partial charge in [0.2, 0.25) is 5.75 Å². The lowest BCUT2D eigenvalue weighted by atomic mass is 10.2. The van der Waals surface area contributed by atoms with E-state index < -0.39 is 22.7 Å². The molecule has 1 aromatic carbocycles. The molecule has 1 aromatic rings. The Hall–Kier alpha value is -1.83. The quantitative estimate of drug-likeness (QED) is 0.642. The molecule has 1 rings (SSSR count). The van der Waals surface area contributed by atoms with Gasteiger partial charge in [-0.25, -0.2) is 0 Å². The molecule has 0 aromatic heterocycles. The molecule has 0 radical (unpaired) electrons. The average Bonchev–Trinajstić information content (AvgIpc) is 2.15. The molecule has 16 heavy (non-hydrogen) atoms. The van der Waals surface area contributed by atoms with Gasteiger partial charge in [-0.15, -0.1) is 13.2 Å². The van der Waals surface area contributed by atoms with Gasteiger partial charge in [-0.2, -0.15) is 0 Å². The highest BCUT2D eigenvalue weighted by Gasteiger charge is 2.35. The van der Waals surface area contributed by atoms with Crippen molar-refractivity contribution >= 4 is 5.69 Å². The van der Waals surface area contributed by atoms with Crippen LogP contribution in [0.3, 0.4) is 0 Å². The summed E-state index contributed by atoms with van der Waals surface area (Å²) in [6, 6.07) is 3.39. The number of nitro groups is 1. The first-order valence-corrected chi connectivity index (χ1v) is 4.07. The first-order chi connectivity index (χ1) is 7.35. The minimum atomic E-state index is -4.99. The SMILES string of the molecule is NCc1cccc([N+](=O)[O-])c1OC(F)(F)F. The third-order valence-corrected chi connectivity index (χ3v) is 1.71. The molecule has 0 bridgehead atoms. The van der Waals surface area contributed by atoms with E-state index in [0.29, 0.717) is 0 Å². The monoisotopic (exact) mass is 236 g/mol. The zero-order chi connectivity index (χ0) is 12.3. The largest absolute Gasteiger partial charge is 0.573 e. The maximum Gasteiger partial charge on any atom is 0.573 e. The number of rotatable bonds is 3. The third kappa shape index (κ3) is 2.83. The van der Waals surface area contributed by atoms with Gasteiger partial charge >= 0.3 is 12.0 Å². The molecule has 0 unspecified atom stereocenters. The summed E-state index contributed by atoms with van der Waals surface area (Å²) in [5.41, 5.74) is 4.33. The van der Waals surface area contributed by atoms with Crippen molar-refractivity contribution in [2.45, 2.75) is 12.9 Å². The lowest BCUT2D eigenvalue weighted by molar-refractivity contribution is -0.388. The molecule has 0 saturated carbocycles. The Morgan fingerprint density at radius 3 is 2.50 bits per heavy atom. The number of hydrogen-bond acceptors (Lipinski definition) is 4. The van der Waals surface area contributed by atoms with Gasteiger partial charge in [0.15, 0.2) is 0 Å². The van der Waals surface area contributed by atoms with E-state index >= 15 is 0 Å². The van der Waals surface area contributed by atoms with E-state index in [1.165, 1.54) is 12.1 Å². The van der Waals surface area contributed by atoms with Gasteiger partial charge in [0.25, 0.3) is 0 Å². The first kappa shape index (κ1) is 12.2. The van der Waals surface area contributed by atoms with E-state index in [1.807, 2.05) is 0 Å². The number of halogens is 3. The highest BCUT2D eigenvalue weighted by Crippen LogP contribution is 2.34. The molecular weight excluding hydrogens is 229 g/mol. The van der Waals surface area contributed by atoms with Gasteiger partial charge in [-0.05, 0) is 0 Å². The zero-order valence-corrected chi connectivity index (χ0v) is 7.82. The van der Waals surface area contributed by atoms with Crippen LogP contribution >= 0.6 is 0 Å². The molecule has 2 N–H and O–H groups in total. The predicted molar refractivity (Wildman–Crippen MR) is 47.7 cm³/mol. The average molecular weight is 236 g/mol. The first-order valence-electron chi connectivity index (χ1n) is 4.07. The summed E-state index contributed by atoms with van der Waals surface area (Å²) >= 11 is 0. The smallest absolute Gasteiger partial charge is 0.398 e. The fourth-order valence-electron chi connectivity index (χ4n) is 1.11. The summed E-state index contributed by atoms with van der Waals surface area (Å²) in [5, 5.41) is 10.5. The van der Waals surface area contributed by atoms with Gasteiger partial charge in [0.05, 0.1) is 4.92 Å². The molecule has 0 saturated heterocycles. The molecule has 0 aliphatic heterocycles. The number of alkyl halides is 3. The molecule has 88 valence electrons. The molecule has 0 aliphatic rings. The summed E-state index contributed by atoms with van der Waals surface area (Å²) in [7, 11) is 0. The number of ether oxygens (including phenoxy) is 1. The van der Waals surface area contributed by atoms with Crippen LogP contribution in [0.25, 0.3) is 0 Å². The Morgan fingerprint density at radius 1 is 1.44 bits per heavy atom. The van der Waals surface area contributed by atoms with Crippen LogP contribution in [0.1, 0.15) is 5.56 Å². The van der Waals surface area contributed by atoms with E-state index in [0.717, 1.165) is 6.07 Å². The van der Waals surface area contributed by atoms with Crippen LogP contribution in [0, 0.1) is 10.1 Å². The van der Waals surface area contributed by atoms with Gasteiger partial charge < -0.3 is 10.5 Å². The summed E-state index contributed by atoms with van der Waals surface area (Å²) in [5.74, 6) is -0.859. The molecular formula is C8H7F3N2O3.